The summed E-state index contributed by atoms with van der Waals surface area (Å²) in [6.07, 6.45) is 0.833. The Bertz CT molecular complexity index is 85.1. The van der Waals surface area contributed by atoms with Crippen LogP contribution >= 0.6 is 12.1 Å². The van der Waals surface area contributed by atoms with E-state index in [9.17, 15) is 4.79 Å². The molecular formula is C3H10O3SSi2. The maximum Gasteiger partial charge on any atom is 0.327 e. The molecule has 0 amide bonds. The summed E-state index contributed by atoms with van der Waals surface area (Å²) in [5, 5.41) is 7.60. The monoisotopic (exact) mass is 182 g/mol. The SMILES string of the molecule is C=CC(=O)O.[SiH3]O[SiH2]S. The molecule has 0 aliphatic heterocycles. The lowest BCUT2D eigenvalue weighted by atomic mass is 10.7. The molecule has 0 aromatic rings. The van der Waals surface area contributed by atoms with E-state index in [1.807, 2.05) is 0 Å². The van der Waals surface area contributed by atoms with Crippen LogP contribution in [0.3, 0.4) is 0 Å². The van der Waals surface area contributed by atoms with Gasteiger partial charge in [-0.3, -0.25) is 0 Å². The Morgan fingerprint density at radius 3 is 2.22 bits per heavy atom. The highest BCUT2D eigenvalue weighted by Crippen LogP contribution is 1.58. The zero-order valence-electron chi connectivity index (χ0n) is 5.20. The summed E-state index contributed by atoms with van der Waals surface area (Å²) in [5.74, 6) is -0.981. The molecule has 0 aromatic carbocycles. The second-order valence-corrected chi connectivity index (χ2v) is 4.30. The second kappa shape index (κ2) is 10.8. The standard InChI is InChI=1S/C3H4O2.H6OSSi2/c1-2-3(4)5;2-4-1-3/h2H,1H2,(H,4,5);2H,4H2,3H3. The van der Waals surface area contributed by atoms with E-state index in [0.29, 0.717) is 0 Å². The van der Waals surface area contributed by atoms with Gasteiger partial charge in [0.25, 0.3) is 0 Å². The zero-order chi connectivity index (χ0) is 7.70. The van der Waals surface area contributed by atoms with Crippen molar-refractivity contribution in [3.05, 3.63) is 12.7 Å². The third-order valence-electron chi connectivity index (χ3n) is 0.304. The van der Waals surface area contributed by atoms with Gasteiger partial charge in [-0.1, -0.05) is 6.58 Å². The van der Waals surface area contributed by atoms with Crippen LogP contribution in [-0.2, 0) is 8.91 Å². The van der Waals surface area contributed by atoms with Crippen molar-refractivity contribution < 1.29 is 14.0 Å². The van der Waals surface area contributed by atoms with E-state index in [1.54, 1.807) is 0 Å². The van der Waals surface area contributed by atoms with Crippen LogP contribution in [0, 0.1) is 0 Å². The predicted octanol–water partition coefficient (Wildman–Crippen LogP) is -1.53. The smallest absolute Gasteiger partial charge is 0.327 e. The third kappa shape index (κ3) is 32.3. The maximum atomic E-state index is 9.25. The molecule has 0 saturated heterocycles. The molecule has 1 N–H and O–H groups in total. The number of aliphatic carboxylic acids is 1. The van der Waals surface area contributed by atoms with Crippen molar-refractivity contribution in [2.24, 2.45) is 0 Å². The topological polar surface area (TPSA) is 46.5 Å². The summed E-state index contributed by atoms with van der Waals surface area (Å²) in [6, 6.07) is 0. The van der Waals surface area contributed by atoms with E-state index in [0.717, 1.165) is 16.6 Å². The Morgan fingerprint density at radius 2 is 2.22 bits per heavy atom. The maximum absolute atomic E-state index is 9.25. The Hall–Kier alpha value is -0.0462. The molecule has 9 heavy (non-hydrogen) atoms. The molecule has 0 aromatic heterocycles. The Kier molecular flexibility index (Phi) is 14.1. The van der Waals surface area contributed by atoms with E-state index in [4.69, 9.17) is 5.11 Å². The number of hydrogen-bond donors (Lipinski definition) is 2. The highest BCUT2D eigenvalue weighted by atomic mass is 32.3. The fourth-order valence-electron chi connectivity index (χ4n) is 0. The minimum Gasteiger partial charge on any atom is -0.478 e. The molecular weight excluding hydrogens is 172 g/mol. The first-order chi connectivity index (χ1) is 4.18. The largest absolute Gasteiger partial charge is 0.478 e. The molecule has 54 valence electrons. The third-order valence-corrected chi connectivity index (χ3v) is 3.66. The highest BCUT2D eigenvalue weighted by Gasteiger charge is 1.73. The van der Waals surface area contributed by atoms with Crippen LogP contribution in [0.5, 0.6) is 0 Å². The van der Waals surface area contributed by atoms with E-state index in [-0.39, 0.29) is 8.91 Å². The minimum absolute atomic E-state index is 0.319. The first-order valence-electron chi connectivity index (χ1n) is 2.14. The van der Waals surface area contributed by atoms with Gasteiger partial charge in [-0.15, -0.1) is 0 Å². The molecule has 0 fully saturated rings. The van der Waals surface area contributed by atoms with Crippen LogP contribution in [0.15, 0.2) is 12.7 Å². The van der Waals surface area contributed by atoms with Crippen molar-refractivity contribution in [3.8, 4) is 0 Å². The fraction of sp³-hybridized carbons (Fsp3) is 0. The zero-order valence-corrected chi connectivity index (χ0v) is 9.51. The van der Waals surface area contributed by atoms with E-state index in [2.05, 4.69) is 22.8 Å². The number of carbonyl (C=O) groups is 1. The lowest BCUT2D eigenvalue weighted by Crippen LogP contribution is -1.82. The minimum atomic E-state index is -0.981. The molecule has 3 nitrogen and oxygen atoms in total. The van der Waals surface area contributed by atoms with Gasteiger partial charge in [0.2, 0.25) is 8.91 Å². The molecule has 0 bridgehead atoms. The van der Waals surface area contributed by atoms with Crippen molar-refractivity contribution in [2.45, 2.75) is 0 Å². The first-order valence-corrected chi connectivity index (χ1v) is 6.06. The molecule has 0 heterocycles. The van der Waals surface area contributed by atoms with Crippen LogP contribution in [0.4, 0.5) is 0 Å². The first kappa shape index (κ1) is 11.7. The normalized spacial score (nSPS) is 8.56. The average molecular weight is 182 g/mol. The number of hydrogen-bond acceptors (Lipinski definition) is 3. The number of rotatable bonds is 2. The molecule has 0 saturated carbocycles. The van der Waals surface area contributed by atoms with E-state index in [1.165, 1.54) is 0 Å². The Labute approximate surface area is 64.6 Å². The van der Waals surface area contributed by atoms with Gasteiger partial charge in [0.05, 0.1) is 0 Å². The molecule has 0 aliphatic rings. The fourth-order valence-corrected chi connectivity index (χ4v) is 0. The molecule has 0 radical (unpaired) electrons. The molecule has 0 unspecified atom stereocenters. The van der Waals surface area contributed by atoms with E-state index < -0.39 is 5.97 Å². The van der Waals surface area contributed by atoms with Gasteiger partial charge < -0.3 is 9.22 Å². The quantitative estimate of drug-likeness (QED) is 0.309. The Balaban J connectivity index is 0. The summed E-state index contributed by atoms with van der Waals surface area (Å²) in [4.78, 5) is 9.25. The summed E-state index contributed by atoms with van der Waals surface area (Å²) in [7, 11) is 0.556. The Morgan fingerprint density at radius 1 is 2.00 bits per heavy atom. The average Bonchev–Trinajstić information content (AvgIpc) is 1.89. The van der Waals surface area contributed by atoms with Crippen molar-refractivity contribution in [1.29, 1.82) is 0 Å². The molecule has 0 aliphatic carbocycles. The van der Waals surface area contributed by atoms with Gasteiger partial charge in [0, 0.05) is 6.08 Å². The second-order valence-electron chi connectivity index (χ2n) is 0.960. The molecule has 0 rings (SSSR count). The van der Waals surface area contributed by atoms with Crippen LogP contribution in [0.1, 0.15) is 0 Å². The van der Waals surface area contributed by atoms with Crippen molar-refractivity contribution >= 4 is 37.4 Å². The van der Waals surface area contributed by atoms with Gasteiger partial charge in [-0.25, -0.2) is 4.79 Å². The summed E-state index contributed by atoms with van der Waals surface area (Å²) < 4.78 is 4.68. The lowest BCUT2D eigenvalue weighted by molar-refractivity contribution is -0.131. The van der Waals surface area contributed by atoms with Gasteiger partial charge in [0.15, 0.2) is 0 Å². The van der Waals surface area contributed by atoms with Gasteiger partial charge in [-0.05, 0) is 0 Å². The van der Waals surface area contributed by atoms with Crippen LogP contribution in [0.2, 0.25) is 0 Å². The molecule has 6 heteroatoms. The van der Waals surface area contributed by atoms with Crippen molar-refractivity contribution in [1.82, 2.24) is 0 Å². The summed E-state index contributed by atoms with van der Waals surface area (Å²) in [5.41, 5.74) is 0. The highest BCUT2D eigenvalue weighted by molar-refractivity contribution is 8.06. The van der Waals surface area contributed by atoms with Crippen LogP contribution in [-0.4, -0.2) is 30.5 Å². The summed E-state index contributed by atoms with van der Waals surface area (Å²) >= 11 is 3.87. The van der Waals surface area contributed by atoms with Crippen LogP contribution < -0.4 is 0 Å². The number of carboxylic acid groups (broad SMARTS) is 1. The van der Waals surface area contributed by atoms with Crippen molar-refractivity contribution in [2.75, 3.05) is 0 Å². The predicted molar refractivity (Wildman–Crippen MR) is 46.4 cm³/mol. The lowest BCUT2D eigenvalue weighted by Gasteiger charge is -1.75. The number of carboxylic acids is 1. The van der Waals surface area contributed by atoms with Crippen molar-refractivity contribution in [3.63, 3.8) is 0 Å². The number of thiol groups is 1. The van der Waals surface area contributed by atoms with E-state index >= 15 is 0 Å². The van der Waals surface area contributed by atoms with Gasteiger partial charge in [-0.2, -0.15) is 12.1 Å². The van der Waals surface area contributed by atoms with Crippen LogP contribution in [0.25, 0.3) is 0 Å². The molecule has 0 spiro atoms. The molecule has 0 atom stereocenters. The van der Waals surface area contributed by atoms with Gasteiger partial charge in [0.1, 0.15) is 10.5 Å². The van der Waals surface area contributed by atoms with Gasteiger partial charge >= 0.3 is 5.97 Å². The summed E-state index contributed by atoms with van der Waals surface area (Å²) in [6.45, 7) is 2.96.